The number of anilines is 2. The first-order valence-electron chi connectivity index (χ1n) is 14.0. The summed E-state index contributed by atoms with van der Waals surface area (Å²) in [5.41, 5.74) is 5.11. The molecule has 1 spiro atoms. The highest BCUT2D eigenvalue weighted by atomic mass is 19.1. The molecule has 8 nitrogen and oxygen atoms in total. The van der Waals surface area contributed by atoms with Crippen molar-refractivity contribution in [3.05, 3.63) is 89.0 Å². The fourth-order valence-electron chi connectivity index (χ4n) is 6.16. The van der Waals surface area contributed by atoms with Gasteiger partial charge in [-0.25, -0.2) is 8.78 Å². The Kier molecular flexibility index (Phi) is 8.65. The van der Waals surface area contributed by atoms with Crippen molar-refractivity contribution in [2.75, 3.05) is 17.7 Å². The molecule has 2 heterocycles. The lowest BCUT2D eigenvalue weighted by atomic mass is 9.63. The van der Waals surface area contributed by atoms with Crippen LogP contribution in [0, 0.1) is 24.1 Å². The monoisotopic (exact) mass is 592 g/mol. The number of hydrogen-bond donors (Lipinski definition) is 4. The summed E-state index contributed by atoms with van der Waals surface area (Å²) in [5.74, 6) is -4.65. The Labute approximate surface area is 250 Å². The van der Waals surface area contributed by atoms with Crippen LogP contribution in [-0.2, 0) is 15.0 Å². The molecule has 3 amide bonds. The van der Waals surface area contributed by atoms with Gasteiger partial charge >= 0.3 is 0 Å². The minimum Gasteiger partial charge on any atom is -0.495 e. The fourth-order valence-corrected chi connectivity index (χ4v) is 6.16. The van der Waals surface area contributed by atoms with Crippen molar-refractivity contribution in [3.63, 3.8) is 0 Å². The smallest absolute Gasteiger partial charge is 0.248 e. The molecule has 2 aromatic rings. The molecule has 10 heteroatoms. The molecule has 1 fully saturated rings. The van der Waals surface area contributed by atoms with Crippen LogP contribution in [0.25, 0.3) is 0 Å². The van der Waals surface area contributed by atoms with E-state index in [4.69, 9.17) is 10.5 Å². The van der Waals surface area contributed by atoms with Gasteiger partial charge in [-0.05, 0) is 67.7 Å². The molecule has 2 unspecified atom stereocenters. The molecule has 5 N–H and O–H groups in total. The van der Waals surface area contributed by atoms with E-state index in [2.05, 4.69) is 22.5 Å². The zero-order chi connectivity index (χ0) is 31.9. The van der Waals surface area contributed by atoms with E-state index in [1.165, 1.54) is 43.5 Å². The molecular weight excluding hydrogens is 554 g/mol. The second kappa shape index (κ2) is 11.8. The summed E-state index contributed by atoms with van der Waals surface area (Å²) in [4.78, 5) is 39.8. The number of allylic oxidation sites excluding steroid dienone is 4. The molecule has 4 atom stereocenters. The zero-order valence-electron chi connectivity index (χ0n) is 25.2. The van der Waals surface area contributed by atoms with E-state index in [9.17, 15) is 14.4 Å². The van der Waals surface area contributed by atoms with Crippen LogP contribution in [0.5, 0.6) is 5.75 Å². The number of methoxy groups -OCH3 is 1. The van der Waals surface area contributed by atoms with E-state index >= 15 is 8.78 Å². The number of amides is 3. The normalized spacial score (nSPS) is 23.4. The second-order valence-corrected chi connectivity index (χ2v) is 12.5. The average molecular weight is 593 g/mol. The molecule has 228 valence electrons. The average Bonchev–Trinajstić information content (AvgIpc) is 3.37. The van der Waals surface area contributed by atoms with Crippen molar-refractivity contribution in [3.8, 4) is 5.75 Å². The topological polar surface area (TPSA) is 123 Å². The van der Waals surface area contributed by atoms with Crippen molar-refractivity contribution < 1.29 is 27.9 Å². The van der Waals surface area contributed by atoms with Crippen LogP contribution < -0.4 is 26.4 Å². The molecule has 43 heavy (non-hydrogen) atoms. The van der Waals surface area contributed by atoms with Gasteiger partial charge in [0.2, 0.25) is 17.7 Å². The number of nitrogens with two attached hydrogens (primary N) is 1. The molecule has 2 aliphatic heterocycles. The van der Waals surface area contributed by atoms with Gasteiger partial charge in [0.1, 0.15) is 22.8 Å². The van der Waals surface area contributed by atoms with Gasteiger partial charge in [-0.1, -0.05) is 45.1 Å². The molecular formula is C33H38F2N4O4. The minimum absolute atomic E-state index is 0.0287. The summed E-state index contributed by atoms with van der Waals surface area (Å²) < 4.78 is 37.9. The van der Waals surface area contributed by atoms with Crippen LogP contribution in [0.3, 0.4) is 0 Å². The van der Waals surface area contributed by atoms with E-state index in [0.717, 1.165) is 0 Å². The number of hydrogen-bond acceptors (Lipinski definition) is 5. The summed E-state index contributed by atoms with van der Waals surface area (Å²) >= 11 is 0. The Morgan fingerprint density at radius 1 is 1.23 bits per heavy atom. The molecule has 4 rings (SSSR count). The first-order chi connectivity index (χ1) is 20.1. The number of primary amides is 1. The fraction of sp³-hybridized carbons (Fsp3) is 0.364. The van der Waals surface area contributed by atoms with E-state index in [-0.39, 0.29) is 28.3 Å². The number of nitrogens with one attached hydrogen (secondary N) is 3. The standard InChI is InChI=1S/C33H38F2N4O4/c1-17(2)9-8-10-20(34)27-28(30(41)37-22-12-11-19(29(36)40)15-24(22)43-7)39-25(16-32(4,5)6)33(27)26-21(35)13-18(3)14-23(26)38-31(33)42/h8-15,25,27-28,39H,1,16H2,2-7H3,(H2,36,40)(H,37,41)(H,38,42)/b9-8-,20-10-/t25?,27?,28-,33+/m1/s1. The van der Waals surface area contributed by atoms with Gasteiger partial charge in [-0.2, -0.15) is 0 Å². The summed E-state index contributed by atoms with van der Waals surface area (Å²) in [7, 11) is 1.36. The lowest BCUT2D eigenvalue weighted by Gasteiger charge is -2.37. The third-order valence-corrected chi connectivity index (χ3v) is 7.80. The Bertz CT molecular complexity index is 1560. The van der Waals surface area contributed by atoms with Crippen molar-refractivity contribution >= 4 is 29.1 Å². The molecule has 0 aliphatic carbocycles. The van der Waals surface area contributed by atoms with E-state index < -0.39 is 58.2 Å². The number of rotatable bonds is 8. The Hall–Kier alpha value is -4.31. The van der Waals surface area contributed by atoms with Crippen LogP contribution in [0.1, 0.15) is 55.6 Å². The van der Waals surface area contributed by atoms with Crippen molar-refractivity contribution in [2.45, 2.75) is 58.5 Å². The van der Waals surface area contributed by atoms with E-state index in [1.807, 2.05) is 20.8 Å². The summed E-state index contributed by atoms with van der Waals surface area (Å²) in [6.07, 6.45) is 4.54. The van der Waals surface area contributed by atoms with Crippen LogP contribution in [0.4, 0.5) is 20.2 Å². The highest BCUT2D eigenvalue weighted by Gasteiger charge is 2.67. The highest BCUT2D eigenvalue weighted by molar-refractivity contribution is 6.10. The third kappa shape index (κ3) is 5.97. The summed E-state index contributed by atoms with van der Waals surface area (Å²) in [5, 5.41) is 8.78. The maximum atomic E-state index is 16.6. The van der Waals surface area contributed by atoms with Crippen LogP contribution >= 0.6 is 0 Å². The Morgan fingerprint density at radius 3 is 2.53 bits per heavy atom. The number of fused-ring (bicyclic) bond motifs is 2. The summed E-state index contributed by atoms with van der Waals surface area (Å²) in [6, 6.07) is 5.08. The number of benzene rings is 2. The highest BCUT2D eigenvalue weighted by Crippen LogP contribution is 2.56. The molecule has 0 radical (unpaired) electrons. The van der Waals surface area contributed by atoms with Crippen molar-refractivity contribution in [1.29, 1.82) is 0 Å². The van der Waals surface area contributed by atoms with Gasteiger partial charge in [-0.15, -0.1) is 0 Å². The zero-order valence-corrected chi connectivity index (χ0v) is 25.2. The van der Waals surface area contributed by atoms with Gasteiger partial charge in [-0.3, -0.25) is 14.4 Å². The summed E-state index contributed by atoms with van der Waals surface area (Å²) in [6.45, 7) is 13.1. The molecule has 0 aromatic heterocycles. The van der Waals surface area contributed by atoms with Gasteiger partial charge in [0.25, 0.3) is 0 Å². The van der Waals surface area contributed by atoms with Gasteiger partial charge < -0.3 is 26.4 Å². The minimum atomic E-state index is -1.79. The molecule has 0 saturated carbocycles. The third-order valence-electron chi connectivity index (χ3n) is 7.80. The Morgan fingerprint density at radius 2 is 1.93 bits per heavy atom. The van der Waals surface area contributed by atoms with E-state index in [1.54, 1.807) is 26.0 Å². The van der Waals surface area contributed by atoms with E-state index in [0.29, 0.717) is 17.6 Å². The second-order valence-electron chi connectivity index (χ2n) is 12.5. The van der Waals surface area contributed by atoms with Gasteiger partial charge in [0.15, 0.2) is 0 Å². The molecule has 2 aliphatic rings. The lowest BCUT2D eigenvalue weighted by molar-refractivity contribution is -0.123. The van der Waals surface area contributed by atoms with Crippen LogP contribution in [-0.4, -0.2) is 36.9 Å². The quantitative estimate of drug-likeness (QED) is 0.304. The van der Waals surface area contributed by atoms with Crippen molar-refractivity contribution in [1.82, 2.24) is 5.32 Å². The number of carbonyl (C=O) groups is 3. The van der Waals surface area contributed by atoms with Crippen molar-refractivity contribution in [2.24, 2.45) is 17.1 Å². The number of ether oxygens (including phenoxy) is 1. The first kappa shape index (κ1) is 31.6. The Balaban J connectivity index is 1.92. The molecule has 1 saturated heterocycles. The predicted octanol–water partition coefficient (Wildman–Crippen LogP) is 5.45. The SMILES string of the molecule is C=C(C)/C=C\C=C(/F)C1[C@H](C(=O)Nc2ccc(C(N)=O)cc2OC)NC(CC(C)(C)C)[C@@]12C(=O)Nc1cc(C)cc(F)c12. The lowest BCUT2D eigenvalue weighted by Crippen LogP contribution is -2.51. The van der Waals surface area contributed by atoms with Crippen LogP contribution in [0.2, 0.25) is 0 Å². The number of halogens is 2. The number of carbonyl (C=O) groups excluding carboxylic acids is 3. The predicted molar refractivity (Wildman–Crippen MR) is 163 cm³/mol. The molecule has 0 bridgehead atoms. The van der Waals surface area contributed by atoms with Crippen LogP contribution in [0.15, 0.2) is 66.5 Å². The maximum Gasteiger partial charge on any atom is 0.248 e. The van der Waals surface area contributed by atoms with Gasteiger partial charge in [0.05, 0.1) is 24.8 Å². The van der Waals surface area contributed by atoms with Gasteiger partial charge in [0, 0.05) is 22.9 Å². The largest absolute Gasteiger partial charge is 0.495 e. The maximum absolute atomic E-state index is 16.6. The number of aryl methyl sites for hydroxylation is 1. The molecule has 2 aromatic carbocycles. The first-order valence-corrected chi connectivity index (χ1v) is 14.0.